The summed E-state index contributed by atoms with van der Waals surface area (Å²) in [5.74, 6) is -2.76. The summed E-state index contributed by atoms with van der Waals surface area (Å²) in [7, 11) is -5.03. The van der Waals surface area contributed by atoms with E-state index < -0.39 is 57.2 Å². The van der Waals surface area contributed by atoms with Crippen LogP contribution in [0, 0.1) is 10.8 Å². The van der Waals surface area contributed by atoms with Crippen LogP contribution in [0.15, 0.2) is 28.7 Å². The Labute approximate surface area is 284 Å². The molecular weight excluding hydrogens is 684 g/mol. The molecule has 2 saturated carbocycles. The van der Waals surface area contributed by atoms with Crippen molar-refractivity contribution in [3.8, 4) is 5.75 Å². The predicted octanol–water partition coefficient (Wildman–Crippen LogP) is 0.318. The van der Waals surface area contributed by atoms with Gasteiger partial charge in [0, 0.05) is 23.0 Å². The summed E-state index contributed by atoms with van der Waals surface area (Å²) in [6, 6.07) is 4.33. The Morgan fingerprint density at radius 1 is 1.27 bits per heavy atom. The van der Waals surface area contributed by atoms with Crippen molar-refractivity contribution in [3.05, 3.63) is 40.4 Å². The average molecular weight is 721 g/mol. The zero-order valence-electron chi connectivity index (χ0n) is 26.6. The number of nitrogens with zero attached hydrogens (tertiary/aromatic N) is 3. The Hall–Kier alpha value is -4.37. The van der Waals surface area contributed by atoms with Crippen molar-refractivity contribution >= 4 is 56.2 Å². The van der Waals surface area contributed by atoms with E-state index in [4.69, 9.17) is 31.0 Å². The van der Waals surface area contributed by atoms with E-state index in [1.165, 1.54) is 26.2 Å². The third-order valence-corrected chi connectivity index (χ3v) is 10.7. The normalized spacial score (nSPS) is 28.2. The Morgan fingerprint density at radius 2 is 1.96 bits per heavy atom. The van der Waals surface area contributed by atoms with E-state index in [-0.39, 0.29) is 40.6 Å². The second-order valence-corrected chi connectivity index (χ2v) is 15.4. The molecule has 49 heavy (non-hydrogen) atoms. The number of carbonyl (C=O) groups is 3. The predicted molar refractivity (Wildman–Crippen MR) is 173 cm³/mol. The Morgan fingerprint density at radius 3 is 2.53 bits per heavy atom. The van der Waals surface area contributed by atoms with Crippen molar-refractivity contribution in [3.63, 3.8) is 0 Å². The van der Waals surface area contributed by atoms with Crippen molar-refractivity contribution < 1.29 is 46.3 Å². The minimum absolute atomic E-state index is 0.0582. The number of hydroxylamine groups is 2. The maximum Gasteiger partial charge on any atom is 0.418 e. The number of aryl methyl sites for hydroxylation is 1. The first kappa shape index (κ1) is 34.5. The van der Waals surface area contributed by atoms with E-state index in [1.54, 1.807) is 12.1 Å². The van der Waals surface area contributed by atoms with Gasteiger partial charge in [-0.2, -0.15) is 13.5 Å². The van der Waals surface area contributed by atoms with Gasteiger partial charge < -0.3 is 36.8 Å². The number of nitrogens with two attached hydrogens (primary N) is 2. The molecule has 3 heterocycles. The number of ether oxygens (including phenoxy) is 1. The number of β-lactam (4-membered cyclic amide) rings is 1. The number of fused-ring (bicyclic) bond motifs is 1. The first-order chi connectivity index (χ1) is 22.8. The molecule has 2 aliphatic carbocycles. The molecule has 2 aromatic rings. The number of carboxylic acid groups (broad SMARTS) is 1. The van der Waals surface area contributed by atoms with Crippen molar-refractivity contribution in [2.24, 2.45) is 16.3 Å². The van der Waals surface area contributed by atoms with Gasteiger partial charge in [0.15, 0.2) is 16.9 Å². The molecule has 6 rings (SSSR count). The Kier molecular flexibility index (Phi) is 8.38. The summed E-state index contributed by atoms with van der Waals surface area (Å²) in [5.41, 5.74) is 9.32. The number of aliphatic carboxylic acids is 1. The molecule has 0 bridgehead atoms. The first-order valence-corrected chi connectivity index (χ1v) is 17.5. The van der Waals surface area contributed by atoms with E-state index in [0.717, 1.165) is 36.2 Å². The lowest BCUT2D eigenvalue weighted by molar-refractivity contribution is -0.218. The minimum Gasteiger partial charge on any atom is -0.485 e. The average Bonchev–Trinajstić information content (AvgIpc) is 3.50. The SMILES string of the molecule is CC(ON=C(C(=O)NC1C(=O)N(OS(=O)(=O)O)C1(C)C)c1csc(N)n1)(C(=O)O)[C@H]1CCc2cc(C(=N)NC3CC4(C3)C[C@@H]4N)ccc2O1. The van der Waals surface area contributed by atoms with E-state index in [1.807, 2.05) is 6.07 Å². The summed E-state index contributed by atoms with van der Waals surface area (Å²) >= 11 is 0.964. The van der Waals surface area contributed by atoms with Crippen molar-refractivity contribution in [2.75, 3.05) is 5.73 Å². The van der Waals surface area contributed by atoms with Crippen LogP contribution in [0.2, 0.25) is 0 Å². The van der Waals surface area contributed by atoms with E-state index in [9.17, 15) is 27.9 Å². The molecule has 4 atom stereocenters. The fourth-order valence-corrected chi connectivity index (χ4v) is 7.49. The molecule has 18 nitrogen and oxygen atoms in total. The number of hydrogen-bond acceptors (Lipinski definition) is 14. The number of carbonyl (C=O) groups excluding carboxylic acids is 2. The van der Waals surface area contributed by atoms with Crippen LogP contribution in [0.5, 0.6) is 5.75 Å². The molecule has 0 radical (unpaired) electrons. The van der Waals surface area contributed by atoms with Crippen LogP contribution in [0.4, 0.5) is 5.13 Å². The monoisotopic (exact) mass is 720 g/mol. The van der Waals surface area contributed by atoms with Crippen LogP contribution >= 0.6 is 11.3 Å². The topological polar surface area (TPSA) is 282 Å². The molecule has 2 amide bonds. The minimum atomic E-state index is -5.03. The lowest BCUT2D eigenvalue weighted by Crippen LogP contribution is -2.76. The highest BCUT2D eigenvalue weighted by molar-refractivity contribution is 7.80. The van der Waals surface area contributed by atoms with Crippen LogP contribution in [0.25, 0.3) is 0 Å². The number of amidine groups is 1. The standard InChI is InChI=1S/C29H36N8O10S2/c1-27(2)21(24(39)37(27)47-49(42,43)44)35-23(38)20(16-12-48-26(32)34-16)36-46-28(3,25(40)41)19-7-5-13-8-14(4-6-17(13)45-19)22(31)33-15-9-29(10-15)11-18(29)30/h4,6,8,12,15,18-19,21H,5,7,9-11,30H2,1-3H3,(H2,31,33)(H2,32,34)(H,35,38)(H,40,41)(H,42,43,44)/t15?,18-,19+,21?,28?,29?/m0/s1. The van der Waals surface area contributed by atoms with E-state index in [2.05, 4.69) is 25.1 Å². The molecule has 264 valence electrons. The van der Waals surface area contributed by atoms with Crippen molar-refractivity contribution in [1.82, 2.24) is 20.7 Å². The van der Waals surface area contributed by atoms with Gasteiger partial charge in [-0.3, -0.25) is 19.6 Å². The Bertz CT molecular complexity index is 1870. The van der Waals surface area contributed by atoms with Gasteiger partial charge in [0.1, 0.15) is 23.3 Å². The molecule has 2 aliphatic heterocycles. The van der Waals surface area contributed by atoms with Gasteiger partial charge in [-0.05, 0) is 82.1 Å². The quantitative estimate of drug-likeness (QED) is 0.0541. The van der Waals surface area contributed by atoms with Crippen LogP contribution in [-0.2, 0) is 40.3 Å². The number of rotatable bonds is 11. The maximum atomic E-state index is 13.4. The van der Waals surface area contributed by atoms with Gasteiger partial charge in [0.05, 0.1) is 5.54 Å². The summed E-state index contributed by atoms with van der Waals surface area (Å²) in [5, 5.41) is 30.2. The highest BCUT2D eigenvalue weighted by atomic mass is 32.3. The van der Waals surface area contributed by atoms with Crippen LogP contribution in [0.3, 0.4) is 0 Å². The number of anilines is 1. The number of nitrogens with one attached hydrogen (secondary N) is 3. The number of carboxylic acids is 1. The lowest BCUT2D eigenvalue weighted by Gasteiger charge is -2.50. The number of oxime groups is 1. The van der Waals surface area contributed by atoms with Gasteiger partial charge in [-0.15, -0.1) is 15.6 Å². The van der Waals surface area contributed by atoms with Gasteiger partial charge in [-0.1, -0.05) is 5.16 Å². The number of hydrogen-bond donors (Lipinski definition) is 7. The molecule has 20 heteroatoms. The summed E-state index contributed by atoms with van der Waals surface area (Å²) in [4.78, 5) is 48.3. The number of thiazole rings is 1. The van der Waals surface area contributed by atoms with Gasteiger partial charge in [0.25, 0.3) is 17.4 Å². The van der Waals surface area contributed by atoms with Crippen LogP contribution in [-0.4, -0.2) is 92.8 Å². The number of amides is 2. The zero-order chi connectivity index (χ0) is 35.7. The molecule has 1 saturated heterocycles. The maximum absolute atomic E-state index is 13.4. The highest BCUT2D eigenvalue weighted by Crippen LogP contribution is 2.59. The fraction of sp³-hybridized carbons (Fsp3) is 0.517. The smallest absolute Gasteiger partial charge is 0.418 e. The Balaban J connectivity index is 1.16. The second kappa shape index (κ2) is 11.9. The van der Waals surface area contributed by atoms with Crippen LogP contribution < -0.4 is 26.8 Å². The largest absolute Gasteiger partial charge is 0.485 e. The molecule has 1 aromatic heterocycles. The molecule has 4 aliphatic rings. The van der Waals surface area contributed by atoms with Gasteiger partial charge in [0.2, 0.25) is 0 Å². The third-order valence-electron chi connectivity index (χ3n) is 9.67. The van der Waals surface area contributed by atoms with Gasteiger partial charge >= 0.3 is 16.4 Å². The van der Waals surface area contributed by atoms with Crippen molar-refractivity contribution in [1.29, 1.82) is 5.41 Å². The lowest BCUT2D eigenvalue weighted by atomic mass is 9.76. The van der Waals surface area contributed by atoms with E-state index >= 15 is 0 Å². The van der Waals surface area contributed by atoms with E-state index in [0.29, 0.717) is 22.8 Å². The van der Waals surface area contributed by atoms with Gasteiger partial charge in [-0.25, -0.2) is 9.78 Å². The zero-order valence-corrected chi connectivity index (χ0v) is 28.3. The second-order valence-electron chi connectivity index (χ2n) is 13.5. The molecule has 1 spiro atoms. The fourth-order valence-electron chi connectivity index (χ4n) is 6.49. The van der Waals surface area contributed by atoms with Crippen molar-refractivity contribution in [2.45, 2.75) is 88.2 Å². The molecular formula is C29H36N8O10S2. The number of aromatic nitrogens is 1. The molecule has 3 fully saturated rings. The molecule has 2 unspecified atom stereocenters. The number of benzene rings is 1. The number of nitrogen functional groups attached to an aromatic ring is 1. The summed E-state index contributed by atoms with van der Waals surface area (Å²) < 4.78 is 41.7. The molecule has 9 N–H and O–H groups in total. The first-order valence-electron chi connectivity index (χ1n) is 15.3. The molecule has 1 aromatic carbocycles. The summed E-state index contributed by atoms with van der Waals surface area (Å²) in [6.45, 7) is 3.98. The highest BCUT2D eigenvalue weighted by Gasteiger charge is 2.60. The van der Waals surface area contributed by atoms with Crippen LogP contribution in [0.1, 0.15) is 63.3 Å². The third kappa shape index (κ3) is 6.41. The summed E-state index contributed by atoms with van der Waals surface area (Å²) in [6.07, 6.45) is 2.45.